The van der Waals surface area contributed by atoms with Crippen molar-refractivity contribution in [3.8, 4) is 0 Å². The van der Waals surface area contributed by atoms with Crippen LogP contribution in [0.5, 0.6) is 0 Å². The van der Waals surface area contributed by atoms with Crippen molar-refractivity contribution in [3.63, 3.8) is 0 Å². The molecule has 0 spiro atoms. The van der Waals surface area contributed by atoms with Gasteiger partial charge < -0.3 is 10.2 Å². The van der Waals surface area contributed by atoms with Gasteiger partial charge in [0.05, 0.1) is 11.9 Å². The van der Waals surface area contributed by atoms with Crippen LogP contribution in [0, 0.1) is 6.92 Å². The van der Waals surface area contributed by atoms with E-state index in [-0.39, 0.29) is 30.8 Å². The van der Waals surface area contributed by atoms with E-state index in [1.165, 1.54) is 17.0 Å². The van der Waals surface area contributed by atoms with E-state index in [0.717, 1.165) is 36.8 Å². The molecule has 202 valence electrons. The van der Waals surface area contributed by atoms with Gasteiger partial charge in [0.25, 0.3) is 0 Å². The first-order valence-electron chi connectivity index (χ1n) is 13.4. The first-order valence-corrected chi connectivity index (χ1v) is 15.2. The highest BCUT2D eigenvalue weighted by atomic mass is 32.2. The molecular weight excluding hydrogens is 486 g/mol. The minimum atomic E-state index is -3.50. The molecule has 2 amide bonds. The van der Waals surface area contributed by atoms with Gasteiger partial charge in [-0.3, -0.25) is 13.9 Å². The molecule has 0 aromatic heterocycles. The molecule has 1 aliphatic rings. The van der Waals surface area contributed by atoms with Gasteiger partial charge in [0.1, 0.15) is 6.04 Å². The van der Waals surface area contributed by atoms with Gasteiger partial charge in [0.15, 0.2) is 0 Å². The Hall–Kier alpha value is -2.87. The number of amides is 2. The predicted molar refractivity (Wildman–Crippen MR) is 149 cm³/mol. The van der Waals surface area contributed by atoms with Gasteiger partial charge >= 0.3 is 0 Å². The lowest BCUT2D eigenvalue weighted by atomic mass is 9.95. The summed E-state index contributed by atoms with van der Waals surface area (Å²) >= 11 is 0. The second-order valence-electron chi connectivity index (χ2n) is 10.1. The van der Waals surface area contributed by atoms with Crippen molar-refractivity contribution in [1.82, 2.24) is 10.2 Å². The number of para-hydroxylation sites is 1. The topological polar surface area (TPSA) is 86.8 Å². The highest BCUT2D eigenvalue weighted by Crippen LogP contribution is 2.21. The molecule has 1 saturated carbocycles. The molecule has 7 nitrogen and oxygen atoms in total. The van der Waals surface area contributed by atoms with Crippen LogP contribution in [0.25, 0.3) is 0 Å². The van der Waals surface area contributed by atoms with Crippen molar-refractivity contribution in [2.75, 3.05) is 17.1 Å². The van der Waals surface area contributed by atoms with E-state index in [2.05, 4.69) is 5.32 Å². The summed E-state index contributed by atoms with van der Waals surface area (Å²) in [6.07, 6.45) is 7.59. The number of sulfonamides is 1. The van der Waals surface area contributed by atoms with Crippen LogP contribution >= 0.6 is 0 Å². The quantitative estimate of drug-likeness (QED) is 0.430. The molecule has 1 N–H and O–H groups in total. The van der Waals surface area contributed by atoms with Crippen molar-refractivity contribution in [1.29, 1.82) is 0 Å². The van der Waals surface area contributed by atoms with E-state index >= 15 is 0 Å². The number of carbonyl (C=O) groups excluding carboxylic acids is 2. The Kier molecular flexibility index (Phi) is 10.6. The molecule has 0 saturated heterocycles. The Labute approximate surface area is 222 Å². The van der Waals surface area contributed by atoms with Crippen molar-refractivity contribution >= 4 is 27.5 Å². The number of rotatable bonds is 12. The molecule has 0 aliphatic heterocycles. The van der Waals surface area contributed by atoms with Crippen LogP contribution in [0.1, 0.15) is 69.4 Å². The largest absolute Gasteiger partial charge is 0.352 e. The summed E-state index contributed by atoms with van der Waals surface area (Å²) in [7, 11) is -3.50. The minimum absolute atomic E-state index is 0.0996. The Morgan fingerprint density at radius 1 is 1.03 bits per heavy atom. The molecule has 1 atom stereocenters. The fraction of sp³-hybridized carbons (Fsp3) is 0.517. The van der Waals surface area contributed by atoms with Crippen molar-refractivity contribution in [2.24, 2.45) is 0 Å². The molecule has 2 aromatic rings. The maximum atomic E-state index is 13.6. The maximum Gasteiger partial charge on any atom is 0.243 e. The monoisotopic (exact) mass is 527 g/mol. The SMILES string of the molecule is CC[C@@H](C(=O)NC1CCCCC1)N(Cc1cccc(C)c1)C(=O)CCCN(c1ccccc1)S(C)(=O)=O. The van der Waals surface area contributed by atoms with Gasteiger partial charge in [0.2, 0.25) is 21.8 Å². The van der Waals surface area contributed by atoms with E-state index in [4.69, 9.17) is 0 Å². The first-order chi connectivity index (χ1) is 17.7. The zero-order valence-electron chi connectivity index (χ0n) is 22.4. The van der Waals surface area contributed by atoms with E-state index in [1.54, 1.807) is 29.2 Å². The molecular formula is C29H41N3O4S. The number of carbonyl (C=O) groups is 2. The van der Waals surface area contributed by atoms with Crippen LogP contribution in [-0.2, 0) is 26.2 Å². The van der Waals surface area contributed by atoms with Gasteiger partial charge in [0, 0.05) is 25.6 Å². The lowest BCUT2D eigenvalue weighted by molar-refractivity contribution is -0.141. The molecule has 0 bridgehead atoms. The van der Waals surface area contributed by atoms with Gasteiger partial charge in [-0.15, -0.1) is 0 Å². The third-order valence-corrected chi connectivity index (χ3v) is 8.16. The fourth-order valence-corrected chi connectivity index (χ4v) is 6.03. The highest BCUT2D eigenvalue weighted by Gasteiger charge is 2.30. The van der Waals surface area contributed by atoms with Crippen LogP contribution in [0.3, 0.4) is 0 Å². The normalized spacial score (nSPS) is 15.1. The Bertz CT molecular complexity index is 1130. The lowest BCUT2D eigenvalue weighted by Gasteiger charge is -2.33. The van der Waals surface area contributed by atoms with Gasteiger partial charge in [-0.2, -0.15) is 0 Å². The molecule has 8 heteroatoms. The molecule has 2 aromatic carbocycles. The third-order valence-electron chi connectivity index (χ3n) is 6.97. The average Bonchev–Trinajstić information content (AvgIpc) is 2.87. The second-order valence-corrected chi connectivity index (χ2v) is 12.0. The molecule has 0 radical (unpaired) electrons. The summed E-state index contributed by atoms with van der Waals surface area (Å²) in [5, 5.41) is 3.20. The number of hydrogen-bond acceptors (Lipinski definition) is 4. The zero-order chi connectivity index (χ0) is 26.8. The van der Waals surface area contributed by atoms with Crippen molar-refractivity contribution in [2.45, 2.75) is 83.8 Å². The maximum absolute atomic E-state index is 13.6. The van der Waals surface area contributed by atoms with E-state index in [9.17, 15) is 18.0 Å². The van der Waals surface area contributed by atoms with E-state index < -0.39 is 16.1 Å². The van der Waals surface area contributed by atoms with Crippen LogP contribution in [0.2, 0.25) is 0 Å². The molecule has 1 fully saturated rings. The summed E-state index contributed by atoms with van der Waals surface area (Å²) in [4.78, 5) is 28.6. The van der Waals surface area contributed by atoms with Crippen molar-refractivity contribution in [3.05, 3.63) is 65.7 Å². The van der Waals surface area contributed by atoms with Crippen LogP contribution in [0.4, 0.5) is 5.69 Å². The summed E-state index contributed by atoms with van der Waals surface area (Å²) in [6.45, 7) is 4.47. The van der Waals surface area contributed by atoms with Crippen LogP contribution < -0.4 is 9.62 Å². The Morgan fingerprint density at radius 3 is 2.35 bits per heavy atom. The molecule has 37 heavy (non-hydrogen) atoms. The average molecular weight is 528 g/mol. The zero-order valence-corrected chi connectivity index (χ0v) is 23.2. The molecule has 1 aliphatic carbocycles. The summed E-state index contributed by atoms with van der Waals surface area (Å²) in [6, 6.07) is 16.5. The Balaban J connectivity index is 1.74. The molecule has 0 unspecified atom stereocenters. The standard InChI is InChI=1S/C29H41N3O4S/c1-4-27(29(34)30-25-15-7-5-8-16-25)31(22-24-14-11-13-23(2)21-24)28(33)19-12-20-32(37(3,35)36)26-17-9-6-10-18-26/h6,9-11,13-14,17-18,21,25,27H,4-5,7-8,12,15-16,19-20,22H2,1-3H3,(H,30,34)/t27-/m0/s1. The Morgan fingerprint density at radius 2 is 1.73 bits per heavy atom. The van der Waals surface area contributed by atoms with Gasteiger partial charge in [-0.05, 0) is 50.3 Å². The summed E-state index contributed by atoms with van der Waals surface area (Å²) in [5.74, 6) is -0.244. The smallest absolute Gasteiger partial charge is 0.243 e. The second kappa shape index (κ2) is 13.6. The third kappa shape index (κ3) is 8.59. The van der Waals surface area contributed by atoms with E-state index in [0.29, 0.717) is 25.1 Å². The van der Waals surface area contributed by atoms with E-state index in [1.807, 2.05) is 44.2 Å². The lowest BCUT2D eigenvalue weighted by Crippen LogP contribution is -2.51. The molecule has 0 heterocycles. The number of nitrogens with one attached hydrogen (secondary N) is 1. The number of aryl methyl sites for hydroxylation is 1. The van der Waals surface area contributed by atoms with Crippen LogP contribution in [-0.4, -0.2) is 50.0 Å². The number of anilines is 1. The predicted octanol–water partition coefficient (Wildman–Crippen LogP) is 4.80. The van der Waals surface area contributed by atoms with Crippen molar-refractivity contribution < 1.29 is 18.0 Å². The summed E-state index contributed by atoms with van der Waals surface area (Å²) in [5.41, 5.74) is 2.64. The molecule has 3 rings (SSSR count). The number of nitrogens with zero attached hydrogens (tertiary/aromatic N) is 2. The van der Waals surface area contributed by atoms with Crippen LogP contribution in [0.15, 0.2) is 54.6 Å². The number of benzene rings is 2. The summed E-state index contributed by atoms with van der Waals surface area (Å²) < 4.78 is 26.2. The minimum Gasteiger partial charge on any atom is -0.352 e. The number of hydrogen-bond donors (Lipinski definition) is 1. The highest BCUT2D eigenvalue weighted by molar-refractivity contribution is 7.92. The first kappa shape index (κ1) is 28.7. The van der Waals surface area contributed by atoms with Gasteiger partial charge in [-0.1, -0.05) is 74.2 Å². The fourth-order valence-electron chi connectivity index (χ4n) is 5.07. The van der Waals surface area contributed by atoms with Gasteiger partial charge in [-0.25, -0.2) is 8.42 Å².